The fraction of sp³-hybridized carbons (Fsp3) is 0.400. The Labute approximate surface area is 128 Å². The van der Waals surface area contributed by atoms with Crippen LogP contribution in [0.4, 0.5) is 0 Å². The second kappa shape index (κ2) is 7.45. The molecule has 0 spiro atoms. The maximum Gasteiger partial charge on any atom is 0.233 e. The number of nitrogens with one attached hydrogen (secondary N) is 2. The van der Waals surface area contributed by atoms with Crippen LogP contribution < -0.4 is 10.1 Å². The molecule has 1 heterocycles. The van der Waals surface area contributed by atoms with Gasteiger partial charge in [0.25, 0.3) is 0 Å². The van der Waals surface area contributed by atoms with E-state index in [0.29, 0.717) is 12.5 Å². The number of aryl methyl sites for hydroxylation is 1. The summed E-state index contributed by atoms with van der Waals surface area (Å²) in [6.45, 7) is 6.56. The van der Waals surface area contributed by atoms with Crippen LogP contribution in [0.15, 0.2) is 28.7 Å². The molecule has 2 aromatic rings. The van der Waals surface area contributed by atoms with Gasteiger partial charge in [0.15, 0.2) is 0 Å². The van der Waals surface area contributed by atoms with Crippen LogP contribution in [0.3, 0.4) is 0 Å². The third-order valence-corrected chi connectivity index (χ3v) is 3.67. The second-order valence-corrected chi connectivity index (χ2v) is 5.63. The van der Waals surface area contributed by atoms with Gasteiger partial charge in [0.2, 0.25) is 5.88 Å². The highest BCUT2D eigenvalue weighted by Gasteiger charge is 2.04. The summed E-state index contributed by atoms with van der Waals surface area (Å²) in [6, 6.07) is 8.24. The van der Waals surface area contributed by atoms with Crippen LogP contribution in [0, 0.1) is 6.92 Å². The molecule has 0 amide bonds. The van der Waals surface area contributed by atoms with Crippen molar-refractivity contribution < 1.29 is 4.74 Å². The normalized spacial score (nSPS) is 10.8. The summed E-state index contributed by atoms with van der Waals surface area (Å²) >= 11 is 3.60. The Morgan fingerprint density at radius 1 is 1.35 bits per heavy atom. The lowest BCUT2D eigenvalue weighted by Crippen LogP contribution is -2.13. The predicted octanol–water partition coefficient (Wildman–Crippen LogP) is 3.56. The molecule has 0 aliphatic carbocycles. The van der Waals surface area contributed by atoms with Crippen molar-refractivity contribution in [3.05, 3.63) is 45.6 Å². The van der Waals surface area contributed by atoms with E-state index in [4.69, 9.17) is 4.74 Å². The molecule has 4 nitrogen and oxygen atoms in total. The fourth-order valence-corrected chi connectivity index (χ4v) is 2.39. The van der Waals surface area contributed by atoms with E-state index >= 15 is 0 Å². The molecule has 0 bridgehead atoms. The van der Waals surface area contributed by atoms with Crippen LogP contribution >= 0.6 is 15.9 Å². The van der Waals surface area contributed by atoms with E-state index in [2.05, 4.69) is 56.6 Å². The van der Waals surface area contributed by atoms with Gasteiger partial charge < -0.3 is 10.1 Å². The van der Waals surface area contributed by atoms with Crippen LogP contribution in [0.5, 0.6) is 5.88 Å². The molecule has 0 aliphatic rings. The molecular formula is C15H20BrN3O. The van der Waals surface area contributed by atoms with Crippen molar-refractivity contribution in [2.24, 2.45) is 0 Å². The standard InChI is InChI=1S/C15H20BrN3O/c1-3-6-17-9-12-4-5-13(14(16)8-12)10-20-15-7-11(2)18-19-15/h4-5,7-8,17H,3,6,9-10H2,1-2H3,(H,18,19). The van der Waals surface area contributed by atoms with E-state index in [1.807, 2.05) is 13.0 Å². The first-order chi connectivity index (χ1) is 9.69. The van der Waals surface area contributed by atoms with Crippen molar-refractivity contribution in [1.29, 1.82) is 0 Å². The second-order valence-electron chi connectivity index (χ2n) is 4.78. The number of hydrogen-bond acceptors (Lipinski definition) is 3. The molecule has 5 heteroatoms. The maximum absolute atomic E-state index is 5.64. The van der Waals surface area contributed by atoms with E-state index in [9.17, 15) is 0 Å². The summed E-state index contributed by atoms with van der Waals surface area (Å²) in [5, 5.41) is 10.3. The topological polar surface area (TPSA) is 49.9 Å². The molecule has 0 aliphatic heterocycles. The molecule has 20 heavy (non-hydrogen) atoms. The summed E-state index contributed by atoms with van der Waals surface area (Å²) in [7, 11) is 0. The molecule has 0 saturated carbocycles. The average Bonchev–Trinajstić information content (AvgIpc) is 2.84. The van der Waals surface area contributed by atoms with E-state index in [0.717, 1.165) is 35.2 Å². The maximum atomic E-state index is 5.64. The molecule has 1 aromatic carbocycles. The van der Waals surface area contributed by atoms with Crippen LogP contribution in [-0.4, -0.2) is 16.7 Å². The summed E-state index contributed by atoms with van der Waals surface area (Å²) in [5.74, 6) is 0.628. The van der Waals surface area contributed by atoms with Gasteiger partial charge in [0.05, 0.1) is 0 Å². The van der Waals surface area contributed by atoms with Gasteiger partial charge in [-0.15, -0.1) is 5.10 Å². The minimum atomic E-state index is 0.507. The van der Waals surface area contributed by atoms with Crippen molar-refractivity contribution >= 4 is 15.9 Å². The summed E-state index contributed by atoms with van der Waals surface area (Å²) < 4.78 is 6.71. The molecule has 2 N–H and O–H groups in total. The van der Waals surface area contributed by atoms with Gasteiger partial charge in [0, 0.05) is 28.3 Å². The molecule has 0 atom stereocenters. The fourth-order valence-electron chi connectivity index (χ4n) is 1.85. The number of hydrogen-bond donors (Lipinski definition) is 2. The Bertz CT molecular complexity index is 554. The molecule has 0 fully saturated rings. The zero-order chi connectivity index (χ0) is 14.4. The van der Waals surface area contributed by atoms with Crippen molar-refractivity contribution in [2.75, 3.05) is 6.54 Å². The predicted molar refractivity (Wildman–Crippen MR) is 83.8 cm³/mol. The molecule has 1 aromatic heterocycles. The minimum Gasteiger partial charge on any atom is -0.472 e. The molecule has 0 unspecified atom stereocenters. The first-order valence-corrected chi connectivity index (χ1v) is 7.61. The Balaban J connectivity index is 1.92. The number of H-pyrrole nitrogens is 1. The zero-order valence-corrected chi connectivity index (χ0v) is 13.5. The Morgan fingerprint density at radius 2 is 2.20 bits per heavy atom. The van der Waals surface area contributed by atoms with E-state index in [1.54, 1.807) is 0 Å². The van der Waals surface area contributed by atoms with Gasteiger partial charge in [-0.1, -0.05) is 35.0 Å². The molecule has 108 valence electrons. The average molecular weight is 338 g/mol. The van der Waals surface area contributed by atoms with E-state index in [1.165, 1.54) is 5.56 Å². The lowest BCUT2D eigenvalue weighted by atomic mass is 10.1. The van der Waals surface area contributed by atoms with Gasteiger partial charge in [-0.25, -0.2) is 0 Å². The lowest BCUT2D eigenvalue weighted by molar-refractivity contribution is 0.292. The van der Waals surface area contributed by atoms with Gasteiger partial charge in [-0.05, 0) is 31.5 Å². The molecule has 0 radical (unpaired) electrons. The van der Waals surface area contributed by atoms with Gasteiger partial charge in [-0.3, -0.25) is 5.10 Å². The number of aromatic amines is 1. The monoisotopic (exact) mass is 337 g/mol. The molecule has 2 rings (SSSR count). The Kier molecular flexibility index (Phi) is 5.61. The van der Waals surface area contributed by atoms with Crippen molar-refractivity contribution in [1.82, 2.24) is 15.5 Å². The van der Waals surface area contributed by atoms with Gasteiger partial charge in [-0.2, -0.15) is 0 Å². The quantitative estimate of drug-likeness (QED) is 0.759. The Hall–Kier alpha value is -1.33. The van der Waals surface area contributed by atoms with Crippen LogP contribution in [0.1, 0.15) is 30.2 Å². The highest BCUT2D eigenvalue weighted by molar-refractivity contribution is 9.10. The van der Waals surface area contributed by atoms with E-state index < -0.39 is 0 Å². The van der Waals surface area contributed by atoms with Crippen LogP contribution in [-0.2, 0) is 13.2 Å². The van der Waals surface area contributed by atoms with Crippen molar-refractivity contribution in [3.8, 4) is 5.88 Å². The van der Waals surface area contributed by atoms with Gasteiger partial charge >= 0.3 is 0 Å². The number of ether oxygens (including phenoxy) is 1. The number of benzene rings is 1. The van der Waals surface area contributed by atoms with Gasteiger partial charge in [0.1, 0.15) is 6.61 Å². The molecule has 0 saturated heterocycles. The first kappa shape index (κ1) is 15.1. The largest absolute Gasteiger partial charge is 0.472 e. The number of halogens is 1. The van der Waals surface area contributed by atoms with E-state index in [-0.39, 0.29) is 0 Å². The number of nitrogens with zero attached hydrogens (tertiary/aromatic N) is 1. The highest BCUT2D eigenvalue weighted by atomic mass is 79.9. The zero-order valence-electron chi connectivity index (χ0n) is 11.9. The minimum absolute atomic E-state index is 0.507. The Morgan fingerprint density at radius 3 is 2.85 bits per heavy atom. The summed E-state index contributed by atoms with van der Waals surface area (Å²) in [4.78, 5) is 0. The van der Waals surface area contributed by atoms with Crippen molar-refractivity contribution in [3.63, 3.8) is 0 Å². The third-order valence-electron chi connectivity index (χ3n) is 2.93. The smallest absolute Gasteiger partial charge is 0.233 e. The lowest BCUT2D eigenvalue weighted by Gasteiger charge is -2.08. The SMILES string of the molecule is CCCNCc1ccc(COc2cc(C)[nH]n2)c(Br)c1. The van der Waals surface area contributed by atoms with Crippen LogP contribution in [0.25, 0.3) is 0 Å². The number of aromatic nitrogens is 2. The van der Waals surface area contributed by atoms with Crippen LogP contribution in [0.2, 0.25) is 0 Å². The first-order valence-electron chi connectivity index (χ1n) is 6.82. The number of rotatable bonds is 7. The summed E-state index contributed by atoms with van der Waals surface area (Å²) in [5.41, 5.74) is 3.38. The molecular weight excluding hydrogens is 318 g/mol. The highest BCUT2D eigenvalue weighted by Crippen LogP contribution is 2.20. The summed E-state index contributed by atoms with van der Waals surface area (Å²) in [6.07, 6.45) is 1.15. The third kappa shape index (κ3) is 4.35. The van der Waals surface area contributed by atoms with Crippen molar-refractivity contribution in [2.45, 2.75) is 33.4 Å².